The minimum absolute atomic E-state index is 0.00426. The Balaban J connectivity index is 1.91. The van der Waals surface area contributed by atoms with Gasteiger partial charge in [0.05, 0.1) is 18.5 Å². The van der Waals surface area contributed by atoms with E-state index >= 15 is 0 Å². The van der Waals surface area contributed by atoms with Gasteiger partial charge in [0.25, 0.3) is 5.91 Å². The molecule has 9 heteroatoms. The number of phenols is 1. The number of carbonyl (C=O) groups is 2. The maximum atomic E-state index is 12.2. The Morgan fingerprint density at radius 1 is 1.14 bits per heavy atom. The number of hydrogen-bond donors (Lipinski definition) is 2. The highest BCUT2D eigenvalue weighted by molar-refractivity contribution is 9.10. The molecule has 0 spiro atoms. The molecule has 0 aliphatic rings. The first-order valence-electron chi connectivity index (χ1n) is 8.78. The fraction of sp³-hybridized carbons (Fsp3) is 0.200. The number of ether oxygens (including phenoxy) is 1. The summed E-state index contributed by atoms with van der Waals surface area (Å²) in [6.07, 6.45) is -0.00426. The first kappa shape index (κ1) is 20.5. The number of aromatic nitrogens is 1. The number of nitrogens with zero attached hydrogens (tertiary/aromatic N) is 3. The number of rotatable bonds is 6. The lowest BCUT2D eigenvalue weighted by Crippen LogP contribution is -2.12. The van der Waals surface area contributed by atoms with E-state index in [1.165, 1.54) is 16.7 Å². The Labute approximate surface area is 174 Å². The van der Waals surface area contributed by atoms with E-state index in [-0.39, 0.29) is 36.9 Å². The van der Waals surface area contributed by atoms with Crippen molar-refractivity contribution in [2.45, 2.75) is 19.9 Å². The van der Waals surface area contributed by atoms with Crippen LogP contribution in [0, 0.1) is 0 Å². The average molecular weight is 460 g/mol. The van der Waals surface area contributed by atoms with Crippen LogP contribution in [0.1, 0.15) is 12.5 Å². The number of amides is 1. The zero-order valence-electron chi connectivity index (χ0n) is 15.5. The molecule has 2 aromatic carbocycles. The number of aromatic hydroxyl groups is 2. The molecular formula is C20H18BrN3O5. The topological polar surface area (TPSA) is 113 Å². The van der Waals surface area contributed by atoms with Crippen LogP contribution < -0.4 is 0 Å². The van der Waals surface area contributed by atoms with Gasteiger partial charge in [0.1, 0.15) is 12.3 Å². The van der Waals surface area contributed by atoms with E-state index in [1.54, 1.807) is 37.3 Å². The number of halogens is 1. The number of carbonyl (C=O) groups excluding carboxylic acids is 2. The van der Waals surface area contributed by atoms with Crippen molar-refractivity contribution in [2.24, 2.45) is 10.2 Å². The second-order valence-corrected chi connectivity index (χ2v) is 7.08. The molecule has 1 aromatic heterocycles. The van der Waals surface area contributed by atoms with Crippen LogP contribution in [0.25, 0.3) is 10.9 Å². The molecule has 1 heterocycles. The van der Waals surface area contributed by atoms with Crippen LogP contribution in [0.3, 0.4) is 0 Å². The fourth-order valence-electron chi connectivity index (χ4n) is 2.82. The van der Waals surface area contributed by atoms with E-state index in [2.05, 4.69) is 26.2 Å². The van der Waals surface area contributed by atoms with E-state index < -0.39 is 11.9 Å². The van der Waals surface area contributed by atoms with Gasteiger partial charge in [0.2, 0.25) is 5.88 Å². The van der Waals surface area contributed by atoms with Gasteiger partial charge in [-0.2, -0.15) is 0 Å². The molecule has 0 saturated carbocycles. The van der Waals surface area contributed by atoms with Gasteiger partial charge in [-0.3, -0.25) is 14.2 Å². The molecule has 0 fully saturated rings. The molecule has 3 rings (SSSR count). The van der Waals surface area contributed by atoms with Gasteiger partial charge < -0.3 is 14.9 Å². The number of benzene rings is 2. The number of esters is 1. The third-order valence-corrected chi connectivity index (χ3v) is 4.61. The van der Waals surface area contributed by atoms with Crippen molar-refractivity contribution < 1.29 is 24.5 Å². The largest absolute Gasteiger partial charge is 0.508 e. The second-order valence-electron chi connectivity index (χ2n) is 6.16. The molecule has 1 amide bonds. The molecule has 150 valence electrons. The van der Waals surface area contributed by atoms with E-state index in [9.17, 15) is 19.8 Å². The predicted octanol–water partition coefficient (Wildman–Crippen LogP) is 4.23. The Morgan fingerprint density at radius 2 is 1.86 bits per heavy atom. The summed E-state index contributed by atoms with van der Waals surface area (Å²) in [5, 5.41) is 28.1. The molecular weight excluding hydrogens is 442 g/mol. The van der Waals surface area contributed by atoms with Gasteiger partial charge in [-0.15, -0.1) is 10.2 Å². The van der Waals surface area contributed by atoms with Crippen molar-refractivity contribution >= 4 is 44.4 Å². The summed E-state index contributed by atoms with van der Waals surface area (Å²) in [7, 11) is 0. The SMILES string of the molecule is CCOC(=O)Cn1c(O)c(N=NC(=O)Cc2ccc(O)cc2)c2cc(Br)ccc21. The van der Waals surface area contributed by atoms with Crippen LogP contribution in [-0.4, -0.2) is 33.3 Å². The van der Waals surface area contributed by atoms with Crippen LogP contribution in [0.2, 0.25) is 0 Å². The van der Waals surface area contributed by atoms with Gasteiger partial charge in [-0.05, 0) is 42.8 Å². The lowest BCUT2D eigenvalue weighted by atomic mass is 10.1. The number of fused-ring (bicyclic) bond motifs is 1. The van der Waals surface area contributed by atoms with E-state index in [1.807, 2.05) is 0 Å². The molecule has 0 unspecified atom stereocenters. The molecule has 0 radical (unpaired) electrons. The number of phenolic OH excluding ortho intramolecular Hbond substituents is 1. The third kappa shape index (κ3) is 4.80. The maximum absolute atomic E-state index is 12.2. The Hall–Kier alpha value is -3.20. The van der Waals surface area contributed by atoms with Gasteiger partial charge in [0, 0.05) is 9.86 Å². The standard InChI is InChI=1S/C20H18BrN3O5/c1-2-29-18(27)11-24-16-8-5-13(21)10-15(16)19(20(24)28)23-22-17(26)9-12-3-6-14(25)7-4-12/h3-8,10,25,28H,2,9,11H2,1H3. The zero-order valence-corrected chi connectivity index (χ0v) is 17.1. The van der Waals surface area contributed by atoms with Crippen LogP contribution in [0.15, 0.2) is 57.2 Å². The lowest BCUT2D eigenvalue weighted by molar-refractivity contribution is -0.143. The first-order chi connectivity index (χ1) is 13.9. The Bertz CT molecular complexity index is 1090. The summed E-state index contributed by atoms with van der Waals surface area (Å²) in [5.74, 6) is -1.20. The van der Waals surface area contributed by atoms with Crippen molar-refractivity contribution in [1.29, 1.82) is 0 Å². The molecule has 2 N–H and O–H groups in total. The van der Waals surface area contributed by atoms with Crippen LogP contribution >= 0.6 is 15.9 Å². The van der Waals surface area contributed by atoms with Crippen LogP contribution in [0.4, 0.5) is 5.69 Å². The quantitative estimate of drug-likeness (QED) is 0.422. The summed E-state index contributed by atoms with van der Waals surface area (Å²) in [6, 6.07) is 11.4. The van der Waals surface area contributed by atoms with Crippen molar-refractivity contribution in [3.63, 3.8) is 0 Å². The monoisotopic (exact) mass is 459 g/mol. The minimum atomic E-state index is -0.517. The summed E-state index contributed by atoms with van der Waals surface area (Å²) < 4.78 is 7.05. The van der Waals surface area contributed by atoms with Gasteiger partial charge >= 0.3 is 5.97 Å². The van der Waals surface area contributed by atoms with Crippen LogP contribution in [-0.2, 0) is 27.3 Å². The van der Waals surface area contributed by atoms with Crippen molar-refractivity contribution in [3.8, 4) is 11.6 Å². The molecule has 8 nitrogen and oxygen atoms in total. The Kier molecular flexibility index (Phi) is 6.28. The smallest absolute Gasteiger partial charge is 0.326 e. The number of hydrogen-bond acceptors (Lipinski definition) is 6. The lowest BCUT2D eigenvalue weighted by Gasteiger charge is -2.06. The highest BCUT2D eigenvalue weighted by Crippen LogP contribution is 2.40. The van der Waals surface area contributed by atoms with Crippen molar-refractivity contribution in [3.05, 3.63) is 52.5 Å². The normalized spacial score (nSPS) is 11.2. The summed E-state index contributed by atoms with van der Waals surface area (Å²) in [6.45, 7) is 1.72. The molecule has 3 aromatic rings. The van der Waals surface area contributed by atoms with Gasteiger partial charge in [0.15, 0.2) is 5.69 Å². The average Bonchev–Trinajstić information content (AvgIpc) is 2.93. The molecule has 0 bridgehead atoms. The molecule has 29 heavy (non-hydrogen) atoms. The summed E-state index contributed by atoms with van der Waals surface area (Å²) in [4.78, 5) is 24.0. The zero-order chi connectivity index (χ0) is 21.0. The first-order valence-corrected chi connectivity index (χ1v) is 9.57. The molecule has 0 saturated heterocycles. The highest BCUT2D eigenvalue weighted by atomic mass is 79.9. The Morgan fingerprint density at radius 3 is 2.55 bits per heavy atom. The predicted molar refractivity (Wildman–Crippen MR) is 109 cm³/mol. The molecule has 0 aliphatic carbocycles. The van der Waals surface area contributed by atoms with Crippen molar-refractivity contribution in [2.75, 3.05) is 6.61 Å². The summed E-state index contributed by atoms with van der Waals surface area (Å²) in [5.41, 5.74) is 1.31. The summed E-state index contributed by atoms with van der Waals surface area (Å²) >= 11 is 3.36. The minimum Gasteiger partial charge on any atom is -0.508 e. The second kappa shape index (κ2) is 8.87. The fourth-order valence-corrected chi connectivity index (χ4v) is 3.18. The van der Waals surface area contributed by atoms with Crippen LogP contribution in [0.5, 0.6) is 11.6 Å². The van der Waals surface area contributed by atoms with Crippen molar-refractivity contribution in [1.82, 2.24) is 4.57 Å². The number of azo groups is 1. The third-order valence-electron chi connectivity index (χ3n) is 4.12. The van der Waals surface area contributed by atoms with Gasteiger partial charge in [-0.1, -0.05) is 28.1 Å². The molecule has 0 aliphatic heterocycles. The highest BCUT2D eigenvalue weighted by Gasteiger charge is 2.19. The van der Waals surface area contributed by atoms with E-state index in [0.29, 0.717) is 16.5 Å². The van der Waals surface area contributed by atoms with E-state index in [4.69, 9.17) is 4.74 Å². The maximum Gasteiger partial charge on any atom is 0.326 e. The van der Waals surface area contributed by atoms with Gasteiger partial charge in [-0.25, -0.2) is 0 Å². The van der Waals surface area contributed by atoms with E-state index in [0.717, 1.165) is 4.47 Å². The molecule has 0 atom stereocenters.